The van der Waals surface area contributed by atoms with Gasteiger partial charge in [0.25, 0.3) is 0 Å². The predicted molar refractivity (Wildman–Crippen MR) is 114 cm³/mol. The summed E-state index contributed by atoms with van der Waals surface area (Å²) in [7, 11) is 0. The van der Waals surface area contributed by atoms with Gasteiger partial charge in [-0.15, -0.1) is 0 Å². The fourth-order valence-electron chi connectivity index (χ4n) is 3.55. The van der Waals surface area contributed by atoms with Gasteiger partial charge in [-0.2, -0.15) is 0 Å². The van der Waals surface area contributed by atoms with Gasteiger partial charge in [0, 0.05) is 19.3 Å². The summed E-state index contributed by atoms with van der Waals surface area (Å²) < 4.78 is 0. The molecule has 0 aromatic heterocycles. The van der Waals surface area contributed by atoms with E-state index in [1.54, 1.807) is 0 Å². The second-order valence-electron chi connectivity index (χ2n) is 7.86. The third kappa shape index (κ3) is 10.0. The topological polar surface area (TPSA) is 74.6 Å². The van der Waals surface area contributed by atoms with Gasteiger partial charge in [0.15, 0.2) is 0 Å². The zero-order chi connectivity index (χ0) is 20.8. The highest BCUT2D eigenvalue weighted by atomic mass is 16.4. The number of benzene rings is 1. The van der Waals surface area contributed by atoms with E-state index in [0.717, 1.165) is 50.5 Å². The van der Waals surface area contributed by atoms with Crippen molar-refractivity contribution < 1.29 is 19.8 Å². The second-order valence-corrected chi connectivity index (χ2v) is 7.86. The van der Waals surface area contributed by atoms with Crippen molar-refractivity contribution in [3.63, 3.8) is 0 Å². The molecule has 1 fully saturated rings. The van der Waals surface area contributed by atoms with E-state index in [4.69, 9.17) is 5.11 Å². The first-order chi connectivity index (χ1) is 13.5. The number of carboxylic acids is 1. The molecule has 28 heavy (non-hydrogen) atoms. The third-order valence-electron chi connectivity index (χ3n) is 5.36. The monoisotopic (exact) mass is 390 g/mol. The number of hydrogen-bond donors (Lipinski definition) is 2. The van der Waals surface area contributed by atoms with Crippen molar-refractivity contribution in [2.45, 2.75) is 103 Å². The van der Waals surface area contributed by atoms with E-state index in [-0.39, 0.29) is 6.10 Å². The Morgan fingerprint density at radius 2 is 1.68 bits per heavy atom. The fourth-order valence-corrected chi connectivity index (χ4v) is 3.55. The van der Waals surface area contributed by atoms with Crippen molar-refractivity contribution in [3.05, 3.63) is 35.4 Å². The van der Waals surface area contributed by atoms with Crippen LogP contribution in [0.2, 0.25) is 0 Å². The van der Waals surface area contributed by atoms with Crippen molar-refractivity contribution in [3.8, 4) is 0 Å². The average molecular weight is 391 g/mol. The quantitative estimate of drug-likeness (QED) is 0.443. The predicted octanol–water partition coefficient (Wildman–Crippen LogP) is 6.18. The van der Waals surface area contributed by atoms with Crippen LogP contribution in [-0.2, 0) is 9.59 Å². The molecule has 4 nitrogen and oxygen atoms in total. The molecule has 0 bridgehead atoms. The molecule has 2 atom stereocenters. The SMILES string of the molecule is CCCCCC(O)c1ccc([C@@H]2CCC(=O)C2)cc1.CCCCCCC(=O)O. The highest BCUT2D eigenvalue weighted by molar-refractivity contribution is 5.81. The Hall–Kier alpha value is -1.68. The molecule has 0 aliphatic heterocycles. The van der Waals surface area contributed by atoms with Crippen LogP contribution in [0.5, 0.6) is 0 Å². The van der Waals surface area contributed by atoms with Gasteiger partial charge in [-0.3, -0.25) is 9.59 Å². The molecule has 1 unspecified atom stereocenters. The lowest BCUT2D eigenvalue weighted by Gasteiger charge is -2.13. The summed E-state index contributed by atoms with van der Waals surface area (Å²) in [5, 5.41) is 18.3. The van der Waals surface area contributed by atoms with Gasteiger partial charge in [-0.05, 0) is 36.3 Å². The number of carbonyl (C=O) groups is 2. The van der Waals surface area contributed by atoms with Gasteiger partial charge in [0.1, 0.15) is 5.78 Å². The molecular weight excluding hydrogens is 352 g/mol. The molecule has 0 heterocycles. The summed E-state index contributed by atoms with van der Waals surface area (Å²) in [6.07, 6.45) is 10.9. The summed E-state index contributed by atoms with van der Waals surface area (Å²) >= 11 is 0. The first-order valence-electron chi connectivity index (χ1n) is 11.0. The number of carboxylic acid groups (broad SMARTS) is 1. The molecule has 0 spiro atoms. The number of ketones is 1. The van der Waals surface area contributed by atoms with Crippen molar-refractivity contribution >= 4 is 11.8 Å². The Balaban J connectivity index is 0.000000370. The second kappa shape index (κ2) is 14.3. The van der Waals surface area contributed by atoms with Crippen LogP contribution in [0.3, 0.4) is 0 Å². The lowest BCUT2D eigenvalue weighted by molar-refractivity contribution is -0.137. The zero-order valence-corrected chi connectivity index (χ0v) is 17.7. The van der Waals surface area contributed by atoms with E-state index in [0.29, 0.717) is 24.5 Å². The molecule has 4 heteroatoms. The van der Waals surface area contributed by atoms with Crippen LogP contribution in [0.4, 0.5) is 0 Å². The molecule has 0 saturated heterocycles. The van der Waals surface area contributed by atoms with E-state index in [2.05, 4.69) is 26.0 Å². The first-order valence-corrected chi connectivity index (χ1v) is 11.0. The number of aliphatic carboxylic acids is 1. The van der Waals surface area contributed by atoms with E-state index in [1.807, 2.05) is 12.1 Å². The Morgan fingerprint density at radius 3 is 2.21 bits per heavy atom. The molecular formula is C24H38O4. The Kier molecular flexibility index (Phi) is 12.5. The van der Waals surface area contributed by atoms with Gasteiger partial charge < -0.3 is 10.2 Å². The van der Waals surface area contributed by atoms with Crippen LogP contribution in [0, 0.1) is 0 Å². The average Bonchev–Trinajstić information content (AvgIpc) is 3.12. The smallest absolute Gasteiger partial charge is 0.303 e. The lowest BCUT2D eigenvalue weighted by atomic mass is 9.95. The van der Waals surface area contributed by atoms with Gasteiger partial charge in [0.05, 0.1) is 6.10 Å². The minimum atomic E-state index is -0.675. The Bertz CT molecular complexity index is 564. The van der Waals surface area contributed by atoms with E-state index < -0.39 is 5.97 Å². The largest absolute Gasteiger partial charge is 0.481 e. The Labute approximate surface area is 170 Å². The minimum absolute atomic E-state index is 0.333. The highest BCUT2D eigenvalue weighted by Gasteiger charge is 2.23. The van der Waals surface area contributed by atoms with Crippen LogP contribution in [0.15, 0.2) is 24.3 Å². The van der Waals surface area contributed by atoms with Crippen molar-refractivity contribution in [2.24, 2.45) is 0 Å². The van der Waals surface area contributed by atoms with E-state index in [1.165, 1.54) is 24.8 Å². The number of aliphatic hydroxyl groups excluding tert-OH is 1. The number of Topliss-reactive ketones (excluding diaryl/α,β-unsaturated/α-hetero) is 1. The van der Waals surface area contributed by atoms with Gasteiger partial charge >= 0.3 is 5.97 Å². The van der Waals surface area contributed by atoms with Crippen LogP contribution in [-0.4, -0.2) is 22.0 Å². The zero-order valence-electron chi connectivity index (χ0n) is 17.7. The van der Waals surface area contributed by atoms with Gasteiger partial charge in [0.2, 0.25) is 0 Å². The van der Waals surface area contributed by atoms with Crippen LogP contribution in [0.25, 0.3) is 0 Å². The number of rotatable bonds is 11. The number of hydrogen-bond acceptors (Lipinski definition) is 3. The van der Waals surface area contributed by atoms with Crippen LogP contribution >= 0.6 is 0 Å². The van der Waals surface area contributed by atoms with Crippen LogP contribution < -0.4 is 0 Å². The summed E-state index contributed by atoms with van der Waals surface area (Å²) in [6, 6.07) is 8.22. The maximum absolute atomic E-state index is 11.3. The van der Waals surface area contributed by atoms with Gasteiger partial charge in [-0.1, -0.05) is 76.6 Å². The highest BCUT2D eigenvalue weighted by Crippen LogP contribution is 2.32. The number of unbranched alkanes of at least 4 members (excludes halogenated alkanes) is 5. The minimum Gasteiger partial charge on any atom is -0.481 e. The lowest BCUT2D eigenvalue weighted by Crippen LogP contribution is -1.99. The van der Waals surface area contributed by atoms with E-state index >= 15 is 0 Å². The maximum Gasteiger partial charge on any atom is 0.303 e. The molecule has 1 aliphatic carbocycles. The van der Waals surface area contributed by atoms with Crippen molar-refractivity contribution in [1.82, 2.24) is 0 Å². The fraction of sp³-hybridized carbons (Fsp3) is 0.667. The van der Waals surface area contributed by atoms with Gasteiger partial charge in [-0.25, -0.2) is 0 Å². The van der Waals surface area contributed by atoms with Crippen LogP contribution in [0.1, 0.15) is 114 Å². The molecule has 2 N–H and O–H groups in total. The molecule has 0 amide bonds. The third-order valence-corrected chi connectivity index (χ3v) is 5.36. The summed E-state index contributed by atoms with van der Waals surface area (Å²) in [4.78, 5) is 21.3. The van der Waals surface area contributed by atoms with Crippen molar-refractivity contribution in [2.75, 3.05) is 0 Å². The molecule has 1 saturated carbocycles. The molecule has 2 rings (SSSR count). The van der Waals surface area contributed by atoms with E-state index in [9.17, 15) is 14.7 Å². The summed E-state index contributed by atoms with van der Waals surface area (Å²) in [6.45, 7) is 4.28. The standard InChI is InChI=1S/C17H24O2.C7H14O2/c1-2-3-4-5-17(19)14-8-6-13(7-9-14)15-10-11-16(18)12-15;1-2-3-4-5-6-7(8)9/h6-9,15,17,19H,2-5,10-12H2,1H3;2-6H2,1H3,(H,8,9)/t15-,17?;/m1./s1. The Morgan fingerprint density at radius 1 is 1.04 bits per heavy atom. The summed E-state index contributed by atoms with van der Waals surface area (Å²) in [5.74, 6) is 0.110. The molecule has 0 radical (unpaired) electrons. The first kappa shape index (κ1) is 24.4. The molecule has 158 valence electrons. The summed E-state index contributed by atoms with van der Waals surface area (Å²) in [5.41, 5.74) is 2.25. The normalized spacial score (nSPS) is 17.1. The van der Waals surface area contributed by atoms with Crippen molar-refractivity contribution in [1.29, 1.82) is 0 Å². The molecule has 1 aromatic rings. The molecule has 1 aliphatic rings. The maximum atomic E-state index is 11.3. The molecule has 1 aromatic carbocycles. The number of aliphatic hydroxyl groups is 1. The number of carbonyl (C=O) groups excluding carboxylic acids is 1.